The van der Waals surface area contributed by atoms with Crippen molar-refractivity contribution in [2.45, 2.75) is 37.7 Å². The summed E-state index contributed by atoms with van der Waals surface area (Å²) in [6.07, 6.45) is -5.33. The van der Waals surface area contributed by atoms with E-state index in [4.69, 9.17) is 15.9 Å². The molecule has 0 heterocycles. The molecule has 5 atom stereocenters. The summed E-state index contributed by atoms with van der Waals surface area (Å²) in [4.78, 5) is 32.0. The minimum Gasteiger partial charge on any atom is -0.479 e. The molecule has 0 unspecified atom stereocenters. The topological polar surface area (TPSA) is 170 Å². The second kappa shape index (κ2) is 8.59. The number of nitrogens with two attached hydrogens (primary N) is 1. The third-order valence-electron chi connectivity index (χ3n) is 2.73. The average molecular weight is 292 g/mol. The van der Waals surface area contributed by atoms with Gasteiger partial charge in [0.25, 0.3) is 0 Å². The molecule has 0 bridgehead atoms. The lowest BCUT2D eigenvalue weighted by molar-refractivity contribution is -0.160. The van der Waals surface area contributed by atoms with Crippen LogP contribution >= 0.6 is 0 Å². The van der Waals surface area contributed by atoms with E-state index in [0.717, 1.165) is 0 Å². The van der Waals surface area contributed by atoms with E-state index in [0.29, 0.717) is 6.29 Å². The lowest BCUT2D eigenvalue weighted by Crippen LogP contribution is -2.47. The molecule has 0 fully saturated rings. The Morgan fingerprint density at radius 1 is 1.25 bits per heavy atom. The highest BCUT2D eigenvalue weighted by Gasteiger charge is 2.33. The van der Waals surface area contributed by atoms with Crippen LogP contribution in [0.5, 0.6) is 0 Å². The Bertz CT molecular complexity index is 350. The number of amides is 1. The first-order valence-corrected chi connectivity index (χ1v) is 5.95. The number of aliphatic hydroxyl groups is 3. The predicted octanol–water partition coefficient (Wildman–Crippen LogP) is -3.18. The van der Waals surface area contributed by atoms with Gasteiger partial charge in [0.15, 0.2) is 6.10 Å². The van der Waals surface area contributed by atoms with E-state index < -0.39 is 42.1 Å². The zero-order valence-corrected chi connectivity index (χ0v) is 11.0. The van der Waals surface area contributed by atoms with Crippen molar-refractivity contribution in [1.82, 2.24) is 5.32 Å². The number of rotatable bonds is 9. The lowest BCUT2D eigenvalue weighted by Gasteiger charge is -2.25. The van der Waals surface area contributed by atoms with Crippen LogP contribution in [0.4, 0.5) is 0 Å². The third kappa shape index (κ3) is 6.06. The molecule has 0 aromatic rings. The van der Waals surface area contributed by atoms with Gasteiger partial charge in [-0.15, -0.1) is 0 Å². The van der Waals surface area contributed by atoms with Crippen LogP contribution in [0.3, 0.4) is 0 Å². The van der Waals surface area contributed by atoms with Crippen LogP contribution in [0.2, 0.25) is 0 Å². The van der Waals surface area contributed by atoms with Gasteiger partial charge < -0.3 is 36.3 Å². The number of aliphatic carboxylic acids is 1. The summed E-state index contributed by atoms with van der Waals surface area (Å²) in [7, 11) is 0. The van der Waals surface area contributed by atoms with Gasteiger partial charge in [0.05, 0.1) is 12.1 Å². The first-order chi connectivity index (χ1) is 9.20. The molecule has 7 N–H and O–H groups in total. The number of carboxylic acid groups (broad SMARTS) is 1. The summed E-state index contributed by atoms with van der Waals surface area (Å²) in [5, 5.41) is 39.0. The fraction of sp³-hybridized carbons (Fsp3) is 0.727. The zero-order chi connectivity index (χ0) is 15.9. The monoisotopic (exact) mass is 292 g/mol. The minimum atomic E-state index is -2.12. The van der Waals surface area contributed by atoms with E-state index in [9.17, 15) is 24.6 Å². The molecule has 0 aliphatic rings. The van der Waals surface area contributed by atoms with Crippen LogP contribution in [-0.4, -0.2) is 69.5 Å². The van der Waals surface area contributed by atoms with E-state index in [1.807, 2.05) is 0 Å². The lowest BCUT2D eigenvalue weighted by atomic mass is 9.96. The number of carbonyl (C=O) groups excluding carboxylic acids is 2. The summed E-state index contributed by atoms with van der Waals surface area (Å²) in [5.41, 5.74) is 5.24. The highest BCUT2D eigenvalue weighted by molar-refractivity contribution is 5.80. The predicted molar refractivity (Wildman–Crippen MR) is 66.5 cm³/mol. The van der Waals surface area contributed by atoms with E-state index in [1.165, 1.54) is 6.92 Å². The number of hydrogen-bond donors (Lipinski definition) is 6. The van der Waals surface area contributed by atoms with Crippen LogP contribution in [0.15, 0.2) is 0 Å². The molecule has 0 saturated carbocycles. The molecule has 0 aliphatic carbocycles. The van der Waals surface area contributed by atoms with Crippen LogP contribution < -0.4 is 11.1 Å². The maximum absolute atomic E-state index is 11.3. The van der Waals surface area contributed by atoms with E-state index in [-0.39, 0.29) is 13.0 Å². The molecular weight excluding hydrogens is 272 g/mol. The second-order valence-corrected chi connectivity index (χ2v) is 4.55. The smallest absolute Gasteiger partial charge is 0.335 e. The number of aliphatic hydroxyl groups excluding tert-OH is 3. The van der Waals surface area contributed by atoms with Crippen molar-refractivity contribution in [1.29, 1.82) is 0 Å². The third-order valence-corrected chi connectivity index (χ3v) is 2.73. The van der Waals surface area contributed by atoms with Crippen LogP contribution in [0.1, 0.15) is 13.3 Å². The van der Waals surface area contributed by atoms with Gasteiger partial charge in [-0.3, -0.25) is 4.79 Å². The Kier molecular flexibility index (Phi) is 7.92. The summed E-state index contributed by atoms with van der Waals surface area (Å²) in [6, 6.07) is -0.922. The van der Waals surface area contributed by atoms with Crippen LogP contribution in [0, 0.1) is 5.92 Å². The van der Waals surface area contributed by atoms with Crippen molar-refractivity contribution in [2.75, 3.05) is 6.54 Å². The zero-order valence-electron chi connectivity index (χ0n) is 11.0. The van der Waals surface area contributed by atoms with Gasteiger partial charge in [0.1, 0.15) is 12.4 Å². The van der Waals surface area contributed by atoms with Crippen molar-refractivity contribution in [3.8, 4) is 0 Å². The first-order valence-electron chi connectivity index (χ1n) is 5.95. The van der Waals surface area contributed by atoms with Gasteiger partial charge in [0.2, 0.25) is 5.91 Å². The molecule has 0 saturated heterocycles. The van der Waals surface area contributed by atoms with Gasteiger partial charge in [-0.05, 0) is 0 Å². The molecule has 116 valence electrons. The Morgan fingerprint density at radius 2 is 1.80 bits per heavy atom. The van der Waals surface area contributed by atoms with Gasteiger partial charge in [0, 0.05) is 18.9 Å². The maximum atomic E-state index is 11.3. The number of hydrogen-bond acceptors (Lipinski definition) is 7. The Balaban J connectivity index is 4.26. The van der Waals surface area contributed by atoms with E-state index in [1.54, 1.807) is 0 Å². The highest BCUT2D eigenvalue weighted by Crippen LogP contribution is 2.10. The molecule has 1 amide bonds. The fourth-order valence-electron chi connectivity index (χ4n) is 1.40. The van der Waals surface area contributed by atoms with Gasteiger partial charge in [-0.2, -0.15) is 0 Å². The molecule has 0 radical (unpaired) electrons. The number of carboxylic acids is 1. The largest absolute Gasteiger partial charge is 0.479 e. The van der Waals surface area contributed by atoms with Crippen molar-refractivity contribution in [2.24, 2.45) is 11.7 Å². The molecule has 0 rings (SSSR count). The quantitative estimate of drug-likeness (QED) is 0.241. The Labute approximate surface area is 115 Å². The average Bonchev–Trinajstić information content (AvgIpc) is 2.41. The molecule has 9 heteroatoms. The van der Waals surface area contributed by atoms with Gasteiger partial charge in [-0.25, -0.2) is 4.79 Å². The molecule has 0 aliphatic heterocycles. The number of nitrogens with one attached hydrogen (secondary N) is 1. The van der Waals surface area contributed by atoms with Crippen LogP contribution in [-0.2, 0) is 14.4 Å². The molecule has 0 spiro atoms. The van der Waals surface area contributed by atoms with Gasteiger partial charge >= 0.3 is 5.97 Å². The standard InChI is InChI=1S/C11H20N2O7/c1-5(3-13-7(15)2-6(12)4-14)8(16)9(17)10(18)11(19)20/h4-6,8-10,16-18H,2-3,12H2,1H3,(H,13,15)(H,19,20)/t5-,6-,8+,9-,10-/m0/s1. The highest BCUT2D eigenvalue weighted by atomic mass is 16.4. The van der Waals surface area contributed by atoms with Crippen molar-refractivity contribution < 1.29 is 34.8 Å². The van der Waals surface area contributed by atoms with E-state index >= 15 is 0 Å². The molecular formula is C11H20N2O7. The van der Waals surface area contributed by atoms with Gasteiger partial charge in [-0.1, -0.05) is 6.92 Å². The summed E-state index contributed by atoms with van der Waals surface area (Å²) in [6.45, 7) is 1.37. The molecule has 0 aromatic heterocycles. The number of carbonyl (C=O) groups is 3. The first kappa shape index (κ1) is 18.4. The normalized spacial score (nSPS) is 18.4. The van der Waals surface area contributed by atoms with Crippen molar-refractivity contribution >= 4 is 18.2 Å². The maximum Gasteiger partial charge on any atom is 0.335 e. The number of aldehydes is 1. The van der Waals surface area contributed by atoms with Crippen molar-refractivity contribution in [3.05, 3.63) is 0 Å². The molecule has 0 aromatic carbocycles. The fourth-order valence-corrected chi connectivity index (χ4v) is 1.40. The SMILES string of the molecule is C[C@@H](CNC(=O)C[C@H](N)C=O)[C@@H](O)[C@H](O)[C@H](O)C(=O)O. The summed E-state index contributed by atoms with van der Waals surface area (Å²) in [5.74, 6) is -2.89. The van der Waals surface area contributed by atoms with Crippen molar-refractivity contribution in [3.63, 3.8) is 0 Å². The van der Waals surface area contributed by atoms with E-state index in [2.05, 4.69) is 5.32 Å². The molecule has 9 nitrogen and oxygen atoms in total. The Hall–Kier alpha value is -1.55. The molecule has 20 heavy (non-hydrogen) atoms. The summed E-state index contributed by atoms with van der Waals surface area (Å²) >= 11 is 0. The van der Waals surface area contributed by atoms with Crippen LogP contribution in [0.25, 0.3) is 0 Å². The second-order valence-electron chi connectivity index (χ2n) is 4.55. The summed E-state index contributed by atoms with van der Waals surface area (Å²) < 4.78 is 0. The Morgan fingerprint density at radius 3 is 2.25 bits per heavy atom. The minimum absolute atomic E-state index is 0.0744.